The summed E-state index contributed by atoms with van der Waals surface area (Å²) in [6.07, 6.45) is 3.61. The molecule has 3 heterocycles. The van der Waals surface area contributed by atoms with E-state index in [0.29, 0.717) is 35.3 Å². The van der Waals surface area contributed by atoms with Gasteiger partial charge in [-0.1, -0.05) is 12.1 Å². The highest BCUT2D eigenvalue weighted by atomic mass is 19.1. The predicted molar refractivity (Wildman–Crippen MR) is 116 cm³/mol. The Labute approximate surface area is 179 Å². The van der Waals surface area contributed by atoms with Crippen LogP contribution in [0.4, 0.5) is 15.8 Å². The molecule has 1 fully saturated rings. The quantitative estimate of drug-likeness (QED) is 0.562. The number of rotatable bonds is 6. The number of aromatic nitrogens is 3. The number of nitrogen functional groups attached to an aromatic ring is 1. The first-order chi connectivity index (χ1) is 15.0. The van der Waals surface area contributed by atoms with Crippen LogP contribution in [0, 0.1) is 11.7 Å². The van der Waals surface area contributed by atoms with E-state index in [1.54, 1.807) is 42.1 Å². The van der Waals surface area contributed by atoms with Crippen LogP contribution in [0.15, 0.2) is 42.6 Å². The summed E-state index contributed by atoms with van der Waals surface area (Å²) in [4.78, 5) is 17.2. The maximum atomic E-state index is 14.1. The third-order valence-corrected chi connectivity index (χ3v) is 5.34. The summed E-state index contributed by atoms with van der Waals surface area (Å²) in [5.41, 5.74) is 7.24. The molecule has 0 spiro atoms. The lowest BCUT2D eigenvalue weighted by Gasteiger charge is -2.22. The van der Waals surface area contributed by atoms with Crippen LogP contribution < -0.4 is 21.1 Å². The van der Waals surface area contributed by atoms with Gasteiger partial charge in [0.05, 0.1) is 24.2 Å². The molecule has 1 aliphatic rings. The number of pyridine rings is 1. The van der Waals surface area contributed by atoms with Crippen LogP contribution in [0.5, 0.6) is 5.88 Å². The van der Waals surface area contributed by atoms with Gasteiger partial charge in [-0.2, -0.15) is 5.10 Å². The summed E-state index contributed by atoms with van der Waals surface area (Å²) < 4.78 is 21.7. The molecule has 1 amide bonds. The van der Waals surface area contributed by atoms with E-state index >= 15 is 0 Å². The van der Waals surface area contributed by atoms with Gasteiger partial charge in [-0.25, -0.2) is 14.1 Å². The van der Waals surface area contributed by atoms with Gasteiger partial charge in [0, 0.05) is 12.6 Å². The largest absolute Gasteiger partial charge is 0.476 e. The monoisotopic (exact) mass is 424 g/mol. The lowest BCUT2D eigenvalue weighted by Crippen LogP contribution is -2.30. The first-order valence-corrected chi connectivity index (χ1v) is 10.2. The van der Waals surface area contributed by atoms with Crippen molar-refractivity contribution in [1.29, 1.82) is 0 Å². The van der Waals surface area contributed by atoms with Gasteiger partial charge in [-0.05, 0) is 56.1 Å². The molecule has 4 rings (SSSR count). The third kappa shape index (κ3) is 4.66. The number of halogens is 1. The van der Waals surface area contributed by atoms with Crippen molar-refractivity contribution in [3.8, 4) is 17.1 Å². The average molecular weight is 424 g/mol. The number of piperidine rings is 1. The maximum Gasteiger partial charge on any atom is 0.276 e. The van der Waals surface area contributed by atoms with E-state index in [2.05, 4.69) is 20.7 Å². The van der Waals surface area contributed by atoms with Crippen molar-refractivity contribution in [2.24, 2.45) is 13.0 Å². The third-order valence-electron chi connectivity index (χ3n) is 5.34. The molecule has 0 aliphatic carbocycles. The predicted octanol–water partition coefficient (Wildman–Crippen LogP) is 2.83. The summed E-state index contributed by atoms with van der Waals surface area (Å²) in [6.45, 7) is 2.51. The smallest absolute Gasteiger partial charge is 0.276 e. The Morgan fingerprint density at radius 3 is 2.84 bits per heavy atom. The van der Waals surface area contributed by atoms with Crippen LogP contribution in [0.1, 0.15) is 23.3 Å². The van der Waals surface area contributed by atoms with Crippen LogP contribution >= 0.6 is 0 Å². The zero-order chi connectivity index (χ0) is 21.8. The van der Waals surface area contributed by atoms with E-state index in [-0.39, 0.29) is 11.4 Å². The molecule has 4 N–H and O–H groups in total. The second-order valence-corrected chi connectivity index (χ2v) is 7.56. The molecule has 0 saturated carbocycles. The number of anilines is 2. The van der Waals surface area contributed by atoms with Gasteiger partial charge in [0.1, 0.15) is 11.5 Å². The summed E-state index contributed by atoms with van der Waals surface area (Å²) in [5, 5.41) is 10.3. The molecular weight excluding hydrogens is 399 g/mol. The number of amides is 1. The number of nitrogens with two attached hydrogens (primary N) is 1. The maximum absolute atomic E-state index is 14.1. The molecule has 2 aromatic heterocycles. The van der Waals surface area contributed by atoms with Crippen LogP contribution in [-0.2, 0) is 7.05 Å². The van der Waals surface area contributed by atoms with Gasteiger partial charge in [0.25, 0.3) is 5.91 Å². The van der Waals surface area contributed by atoms with Gasteiger partial charge in [0.15, 0.2) is 5.69 Å². The van der Waals surface area contributed by atoms with Gasteiger partial charge in [0.2, 0.25) is 5.88 Å². The lowest BCUT2D eigenvalue weighted by molar-refractivity contribution is 0.102. The van der Waals surface area contributed by atoms with Crippen LogP contribution in [0.3, 0.4) is 0 Å². The molecule has 3 aromatic rings. The average Bonchev–Trinajstić information content (AvgIpc) is 3.12. The van der Waals surface area contributed by atoms with Crippen LogP contribution in [0.25, 0.3) is 11.3 Å². The summed E-state index contributed by atoms with van der Waals surface area (Å²) in [6, 6.07) is 9.37. The van der Waals surface area contributed by atoms with Crippen molar-refractivity contribution in [2.75, 3.05) is 30.7 Å². The van der Waals surface area contributed by atoms with E-state index in [4.69, 9.17) is 10.5 Å². The SMILES string of the molecule is Cn1ncc(NC(=O)c2nc(-c3ccccc3F)ccc2N)c1OCC1CCNCC1. The van der Waals surface area contributed by atoms with E-state index in [1.807, 2.05) is 0 Å². The van der Waals surface area contributed by atoms with Crippen molar-refractivity contribution in [1.82, 2.24) is 20.1 Å². The molecule has 31 heavy (non-hydrogen) atoms. The zero-order valence-corrected chi connectivity index (χ0v) is 17.3. The number of nitrogens with zero attached hydrogens (tertiary/aromatic N) is 3. The van der Waals surface area contributed by atoms with Gasteiger partial charge in [-0.3, -0.25) is 4.79 Å². The highest BCUT2D eigenvalue weighted by Crippen LogP contribution is 2.27. The number of carbonyl (C=O) groups is 1. The normalized spacial score (nSPS) is 14.4. The Hall–Kier alpha value is -3.46. The standard InChI is InChI=1S/C22H25FN6O2/c1-29-22(31-13-14-8-10-25-11-9-14)19(12-26-29)28-21(30)20-17(24)6-7-18(27-20)15-4-2-3-5-16(15)23/h2-7,12,14,25H,8-11,13,24H2,1H3,(H,28,30). The number of hydrogen-bond acceptors (Lipinski definition) is 6. The van der Waals surface area contributed by atoms with Crippen LogP contribution in [0.2, 0.25) is 0 Å². The molecule has 8 nitrogen and oxygen atoms in total. The summed E-state index contributed by atoms with van der Waals surface area (Å²) in [7, 11) is 1.75. The van der Waals surface area contributed by atoms with E-state index in [0.717, 1.165) is 25.9 Å². The van der Waals surface area contributed by atoms with Gasteiger partial charge in [-0.15, -0.1) is 0 Å². The molecule has 0 unspecified atom stereocenters. The number of benzene rings is 1. The van der Waals surface area contributed by atoms with Crippen molar-refractivity contribution in [2.45, 2.75) is 12.8 Å². The first-order valence-electron chi connectivity index (χ1n) is 10.2. The van der Waals surface area contributed by atoms with Crippen molar-refractivity contribution < 1.29 is 13.9 Å². The second kappa shape index (κ2) is 9.13. The summed E-state index contributed by atoms with van der Waals surface area (Å²) >= 11 is 0. The Bertz CT molecular complexity index is 1080. The molecular formula is C22H25FN6O2. The number of hydrogen-bond donors (Lipinski definition) is 3. The molecule has 0 bridgehead atoms. The van der Waals surface area contributed by atoms with Gasteiger partial charge >= 0.3 is 0 Å². The fraction of sp³-hybridized carbons (Fsp3) is 0.318. The second-order valence-electron chi connectivity index (χ2n) is 7.56. The number of nitrogens with one attached hydrogen (secondary N) is 2. The molecule has 1 aliphatic heterocycles. The Balaban J connectivity index is 1.52. The lowest BCUT2D eigenvalue weighted by atomic mass is 9.99. The minimum Gasteiger partial charge on any atom is -0.476 e. The van der Waals surface area contributed by atoms with E-state index in [9.17, 15) is 9.18 Å². The Morgan fingerprint density at radius 2 is 2.06 bits per heavy atom. The van der Waals surface area contributed by atoms with Crippen molar-refractivity contribution >= 4 is 17.3 Å². The van der Waals surface area contributed by atoms with Crippen LogP contribution in [-0.4, -0.2) is 40.4 Å². The number of ether oxygens (including phenoxy) is 1. The number of carbonyl (C=O) groups excluding carboxylic acids is 1. The van der Waals surface area contributed by atoms with Gasteiger partial charge < -0.3 is 21.1 Å². The topological polar surface area (TPSA) is 107 Å². The number of aryl methyl sites for hydroxylation is 1. The summed E-state index contributed by atoms with van der Waals surface area (Å²) in [5.74, 6) is -0.0208. The Kier molecular flexibility index (Phi) is 6.13. The Morgan fingerprint density at radius 1 is 1.29 bits per heavy atom. The first kappa shape index (κ1) is 20.8. The minimum atomic E-state index is -0.518. The fourth-order valence-electron chi connectivity index (χ4n) is 3.58. The van der Waals surface area contributed by atoms with E-state index < -0.39 is 11.7 Å². The van der Waals surface area contributed by atoms with E-state index in [1.165, 1.54) is 12.3 Å². The fourth-order valence-corrected chi connectivity index (χ4v) is 3.58. The zero-order valence-electron chi connectivity index (χ0n) is 17.3. The molecule has 1 aromatic carbocycles. The highest BCUT2D eigenvalue weighted by molar-refractivity contribution is 6.07. The van der Waals surface area contributed by atoms with Crippen molar-refractivity contribution in [3.63, 3.8) is 0 Å². The van der Waals surface area contributed by atoms with Crippen molar-refractivity contribution in [3.05, 3.63) is 54.1 Å². The molecule has 162 valence electrons. The highest BCUT2D eigenvalue weighted by Gasteiger charge is 2.20. The molecule has 1 saturated heterocycles. The minimum absolute atomic E-state index is 0.00825. The molecule has 9 heteroatoms. The molecule has 0 radical (unpaired) electrons. The molecule has 0 atom stereocenters.